The van der Waals surface area contributed by atoms with E-state index in [1.807, 2.05) is 30.3 Å². The summed E-state index contributed by atoms with van der Waals surface area (Å²) in [4.78, 5) is 0. The summed E-state index contributed by atoms with van der Waals surface area (Å²) in [7, 11) is -2.56. The van der Waals surface area contributed by atoms with Crippen molar-refractivity contribution >= 4 is 18.7 Å². The van der Waals surface area contributed by atoms with Crippen molar-refractivity contribution in [2.75, 3.05) is 6.61 Å². The zero-order valence-electron chi connectivity index (χ0n) is 20.1. The molecule has 3 nitrogen and oxygen atoms in total. The highest BCUT2D eigenvalue weighted by atomic mass is 28.4. The van der Waals surface area contributed by atoms with Gasteiger partial charge in [-0.3, -0.25) is 0 Å². The summed E-state index contributed by atoms with van der Waals surface area (Å²) in [6, 6.07) is 31.5. The van der Waals surface area contributed by atoms with Gasteiger partial charge in [0.05, 0.1) is 12.2 Å². The number of rotatable bonds is 7. The van der Waals surface area contributed by atoms with Gasteiger partial charge in [0.25, 0.3) is 8.32 Å². The lowest BCUT2D eigenvalue weighted by Crippen LogP contribution is -2.66. The molecular weight excluding hydrogens is 424 g/mol. The third-order valence-corrected chi connectivity index (χ3v) is 12.1. The van der Waals surface area contributed by atoms with Crippen LogP contribution in [-0.4, -0.2) is 32.2 Å². The van der Waals surface area contributed by atoms with Crippen LogP contribution in [0, 0.1) is 5.92 Å². The molecule has 1 fully saturated rings. The molecule has 0 saturated carbocycles. The van der Waals surface area contributed by atoms with Crippen LogP contribution in [0.4, 0.5) is 0 Å². The number of ether oxygens (including phenoxy) is 1. The molecule has 1 N–H and O–H groups in total. The number of aliphatic hydroxyl groups excluding tert-OH is 1. The third kappa shape index (κ3) is 4.71. The van der Waals surface area contributed by atoms with Crippen LogP contribution in [-0.2, 0) is 9.16 Å². The van der Waals surface area contributed by atoms with E-state index < -0.39 is 14.4 Å². The summed E-state index contributed by atoms with van der Waals surface area (Å²) in [6.07, 6.45) is -0.0701. The lowest BCUT2D eigenvalue weighted by molar-refractivity contribution is 0.00155. The molecule has 1 saturated heterocycles. The molecule has 3 aromatic rings. The first kappa shape index (κ1) is 23.9. The summed E-state index contributed by atoms with van der Waals surface area (Å²) in [5.41, 5.74) is 1.03. The number of hydrogen-bond acceptors (Lipinski definition) is 3. The number of hydrogen-bond donors (Lipinski definition) is 1. The van der Waals surface area contributed by atoms with Gasteiger partial charge in [0.1, 0.15) is 6.10 Å². The fourth-order valence-electron chi connectivity index (χ4n) is 5.23. The maximum atomic E-state index is 10.9. The second-order valence-corrected chi connectivity index (χ2v) is 14.5. The Kier molecular flexibility index (Phi) is 7.20. The van der Waals surface area contributed by atoms with Crippen molar-refractivity contribution in [2.24, 2.45) is 5.92 Å². The van der Waals surface area contributed by atoms with Crippen molar-refractivity contribution in [2.45, 2.75) is 57.5 Å². The van der Waals surface area contributed by atoms with Crippen molar-refractivity contribution in [3.63, 3.8) is 0 Å². The molecule has 1 heterocycles. The van der Waals surface area contributed by atoms with Crippen molar-refractivity contribution in [3.8, 4) is 0 Å². The van der Waals surface area contributed by atoms with E-state index in [2.05, 4.69) is 88.4 Å². The Morgan fingerprint density at radius 3 is 1.79 bits per heavy atom. The van der Waals surface area contributed by atoms with Crippen LogP contribution in [0.5, 0.6) is 0 Å². The monoisotopic (exact) mass is 460 g/mol. The highest BCUT2D eigenvalue weighted by molar-refractivity contribution is 6.99. The maximum absolute atomic E-state index is 10.9. The minimum Gasteiger partial charge on any atom is -0.407 e. The predicted molar refractivity (Wildman–Crippen MR) is 137 cm³/mol. The Morgan fingerprint density at radius 1 is 0.818 bits per heavy atom. The zero-order chi connectivity index (χ0) is 23.5. The quantitative estimate of drug-likeness (QED) is 0.499. The molecule has 0 spiro atoms. The van der Waals surface area contributed by atoms with E-state index in [-0.39, 0.29) is 23.2 Å². The highest BCUT2D eigenvalue weighted by Crippen LogP contribution is 2.40. The topological polar surface area (TPSA) is 38.7 Å². The molecule has 4 atom stereocenters. The summed E-state index contributed by atoms with van der Waals surface area (Å²) in [6.45, 7) is 9.56. The van der Waals surface area contributed by atoms with Crippen LogP contribution in [0.2, 0.25) is 5.04 Å². The van der Waals surface area contributed by atoms with E-state index in [1.165, 1.54) is 10.4 Å². The van der Waals surface area contributed by atoms with Gasteiger partial charge < -0.3 is 14.3 Å². The molecule has 0 aromatic heterocycles. The summed E-state index contributed by atoms with van der Waals surface area (Å²) < 4.78 is 13.4. The van der Waals surface area contributed by atoms with Gasteiger partial charge in [-0.1, -0.05) is 119 Å². The Balaban J connectivity index is 1.57. The van der Waals surface area contributed by atoms with E-state index in [9.17, 15) is 5.11 Å². The first-order valence-electron chi connectivity index (χ1n) is 12.0. The van der Waals surface area contributed by atoms with Crippen LogP contribution in [0.3, 0.4) is 0 Å². The van der Waals surface area contributed by atoms with Crippen LogP contribution < -0.4 is 10.4 Å². The van der Waals surface area contributed by atoms with E-state index in [1.54, 1.807) is 0 Å². The van der Waals surface area contributed by atoms with Gasteiger partial charge in [0.2, 0.25) is 0 Å². The SMILES string of the molecule is C[C@H]1[C@@H](O)[C@@H](c2ccccc2)O[C@H]1CCO[Si](c1ccccc1)(c1ccccc1)C(C)(C)C. The third-order valence-electron chi connectivity index (χ3n) is 7.02. The van der Waals surface area contributed by atoms with Gasteiger partial charge in [-0.2, -0.15) is 0 Å². The van der Waals surface area contributed by atoms with E-state index in [0.29, 0.717) is 6.61 Å². The molecule has 0 amide bonds. The van der Waals surface area contributed by atoms with Gasteiger partial charge in [-0.25, -0.2) is 0 Å². The van der Waals surface area contributed by atoms with E-state index in [0.717, 1.165) is 12.0 Å². The van der Waals surface area contributed by atoms with Gasteiger partial charge >= 0.3 is 0 Å². The van der Waals surface area contributed by atoms with Crippen molar-refractivity contribution in [1.82, 2.24) is 0 Å². The van der Waals surface area contributed by atoms with Crippen molar-refractivity contribution < 1.29 is 14.3 Å². The molecule has 4 heteroatoms. The highest BCUT2D eigenvalue weighted by Gasteiger charge is 2.50. The Labute approximate surface area is 199 Å². The Hall–Kier alpha value is -2.24. The van der Waals surface area contributed by atoms with E-state index in [4.69, 9.17) is 9.16 Å². The minimum absolute atomic E-state index is 0.0385. The van der Waals surface area contributed by atoms with Crippen LogP contribution in [0.1, 0.15) is 45.8 Å². The Morgan fingerprint density at radius 2 is 1.30 bits per heavy atom. The van der Waals surface area contributed by atoms with Crippen LogP contribution in [0.15, 0.2) is 91.0 Å². The smallest absolute Gasteiger partial charge is 0.261 e. The number of aliphatic hydroxyl groups is 1. The average molecular weight is 461 g/mol. The molecule has 1 aliphatic heterocycles. The molecule has 4 rings (SSSR count). The minimum atomic E-state index is -2.56. The second-order valence-electron chi connectivity index (χ2n) is 10.2. The summed E-state index contributed by atoms with van der Waals surface area (Å²) in [5.74, 6) is 0.0537. The van der Waals surface area contributed by atoms with Crippen LogP contribution in [0.25, 0.3) is 0 Å². The van der Waals surface area contributed by atoms with Gasteiger partial charge in [-0.15, -0.1) is 0 Å². The molecule has 0 aliphatic carbocycles. The largest absolute Gasteiger partial charge is 0.407 e. The second kappa shape index (κ2) is 9.94. The molecule has 0 bridgehead atoms. The first-order chi connectivity index (χ1) is 15.8. The van der Waals surface area contributed by atoms with Crippen LogP contribution >= 0.6 is 0 Å². The molecular formula is C29H36O3Si. The molecule has 1 aliphatic rings. The summed E-state index contributed by atoms with van der Waals surface area (Å²) >= 11 is 0. The van der Waals surface area contributed by atoms with Gasteiger partial charge in [0.15, 0.2) is 0 Å². The fourth-order valence-corrected chi connectivity index (χ4v) is 9.81. The van der Waals surface area contributed by atoms with Gasteiger partial charge in [-0.05, 0) is 27.4 Å². The van der Waals surface area contributed by atoms with Gasteiger partial charge in [0, 0.05) is 12.5 Å². The maximum Gasteiger partial charge on any atom is 0.261 e. The molecule has 3 aromatic carbocycles. The zero-order valence-corrected chi connectivity index (χ0v) is 21.1. The molecule has 0 radical (unpaired) electrons. The first-order valence-corrected chi connectivity index (χ1v) is 13.9. The average Bonchev–Trinajstić information content (AvgIpc) is 3.11. The standard InChI is InChI=1S/C29H36O3Si/c1-22-26(32-28(27(22)30)23-14-8-5-9-15-23)20-21-31-33(29(2,3)4,24-16-10-6-11-17-24)25-18-12-7-13-19-25/h5-19,22,26-28,30H,20-21H2,1-4H3/t22-,26+,27-,28-/m1/s1. The molecule has 174 valence electrons. The van der Waals surface area contributed by atoms with Crippen molar-refractivity contribution in [1.29, 1.82) is 0 Å². The molecule has 33 heavy (non-hydrogen) atoms. The normalized spacial score (nSPS) is 23.5. The van der Waals surface area contributed by atoms with Crippen molar-refractivity contribution in [3.05, 3.63) is 96.6 Å². The molecule has 0 unspecified atom stereocenters. The van der Waals surface area contributed by atoms with E-state index >= 15 is 0 Å². The summed E-state index contributed by atoms with van der Waals surface area (Å²) in [5, 5.41) is 13.4. The number of benzene rings is 3. The lowest BCUT2D eigenvalue weighted by Gasteiger charge is -2.43. The Bertz CT molecular complexity index is 962. The lowest BCUT2D eigenvalue weighted by atomic mass is 9.94. The fraction of sp³-hybridized carbons (Fsp3) is 0.379. The predicted octanol–water partition coefficient (Wildman–Crippen LogP) is 5.09.